The lowest BCUT2D eigenvalue weighted by Gasteiger charge is -2.39. The Balaban J connectivity index is 1.35. The van der Waals surface area contributed by atoms with Crippen LogP contribution in [0.4, 0.5) is 9.18 Å². The van der Waals surface area contributed by atoms with E-state index in [4.69, 9.17) is 18.9 Å². The second kappa shape index (κ2) is 13.9. The average molecular weight is 636 g/mol. The molecule has 2 aliphatic rings. The second-order valence-corrected chi connectivity index (χ2v) is 12.5. The number of para-hydroxylation sites is 2. The zero-order valence-electron chi connectivity index (χ0n) is 24.2. The van der Waals surface area contributed by atoms with Crippen molar-refractivity contribution in [2.75, 3.05) is 33.4 Å². The van der Waals surface area contributed by atoms with Crippen LogP contribution in [0, 0.1) is 11.7 Å². The fraction of sp³-hybridized carbons (Fsp3) is 0.548. The minimum Gasteiger partial charge on any atom is -0.493 e. The Hall–Kier alpha value is -2.85. The molecule has 10 heteroatoms. The molecular formula is C31H40BrFN2O6. The molecule has 224 valence electrons. The Bertz CT molecular complexity index is 1200. The highest BCUT2D eigenvalue weighted by Gasteiger charge is 2.36. The SMILES string of the molecule is COc1ccccc1OC[C@@H]1CN(C(=O)C2CCC(N(Cc3ccc(Br)cc3F)C(=O)OC(C)(C)C)CC2)CCO1. The second-order valence-electron chi connectivity index (χ2n) is 11.6. The number of methoxy groups -OCH3 is 1. The molecule has 0 unspecified atom stereocenters. The van der Waals surface area contributed by atoms with Gasteiger partial charge >= 0.3 is 6.09 Å². The molecule has 0 aromatic heterocycles. The van der Waals surface area contributed by atoms with Crippen molar-refractivity contribution >= 4 is 27.9 Å². The van der Waals surface area contributed by atoms with Crippen molar-refractivity contribution in [1.29, 1.82) is 0 Å². The van der Waals surface area contributed by atoms with Gasteiger partial charge in [0.05, 0.1) is 26.8 Å². The van der Waals surface area contributed by atoms with Gasteiger partial charge in [-0.2, -0.15) is 0 Å². The first kappa shape index (κ1) is 31.1. The van der Waals surface area contributed by atoms with Crippen molar-refractivity contribution < 1.29 is 32.9 Å². The molecule has 1 atom stereocenters. The van der Waals surface area contributed by atoms with Gasteiger partial charge in [-0.1, -0.05) is 34.1 Å². The summed E-state index contributed by atoms with van der Waals surface area (Å²) in [6, 6.07) is 12.1. The third kappa shape index (κ3) is 8.58. The number of hydrogen-bond acceptors (Lipinski definition) is 6. The molecule has 2 aromatic carbocycles. The molecule has 1 heterocycles. The molecule has 1 aliphatic carbocycles. The maximum atomic E-state index is 14.7. The number of morpholine rings is 1. The van der Waals surface area contributed by atoms with E-state index < -0.39 is 11.7 Å². The highest BCUT2D eigenvalue weighted by Crippen LogP contribution is 2.32. The topological polar surface area (TPSA) is 77.5 Å². The molecule has 8 nitrogen and oxygen atoms in total. The number of ether oxygens (including phenoxy) is 4. The van der Waals surface area contributed by atoms with Crippen molar-refractivity contribution in [1.82, 2.24) is 9.80 Å². The third-order valence-electron chi connectivity index (χ3n) is 7.41. The standard InChI is InChI=1S/C31H40BrFN2O6/c1-31(2,3)41-30(37)35(18-22-9-12-23(32)17-26(22)33)24-13-10-21(11-14-24)29(36)34-15-16-39-25(19-34)20-40-28-8-6-5-7-27(28)38-4/h5-9,12,17,21,24-25H,10-11,13-16,18-20H2,1-4H3/t21?,24?,25-/m0/s1. The number of rotatable bonds is 8. The normalized spacial score (nSPS) is 21.2. The minimum atomic E-state index is -0.678. The molecule has 0 spiro atoms. The Morgan fingerprint density at radius 1 is 1.10 bits per heavy atom. The average Bonchev–Trinajstić information content (AvgIpc) is 2.95. The number of amides is 2. The number of nitrogens with zero attached hydrogens (tertiary/aromatic N) is 2. The number of carbonyl (C=O) groups excluding carboxylic acids is 2. The summed E-state index contributed by atoms with van der Waals surface area (Å²) in [5, 5.41) is 0. The van der Waals surface area contributed by atoms with Crippen LogP contribution in [-0.4, -0.2) is 73.0 Å². The number of carbonyl (C=O) groups is 2. The van der Waals surface area contributed by atoms with Gasteiger partial charge in [0.15, 0.2) is 11.5 Å². The van der Waals surface area contributed by atoms with Crippen LogP contribution in [-0.2, 0) is 20.8 Å². The van der Waals surface area contributed by atoms with Gasteiger partial charge in [-0.25, -0.2) is 9.18 Å². The van der Waals surface area contributed by atoms with Crippen LogP contribution >= 0.6 is 15.9 Å². The largest absolute Gasteiger partial charge is 0.493 e. The Kier molecular flexibility index (Phi) is 10.5. The molecule has 0 N–H and O–H groups in total. The fourth-order valence-corrected chi connectivity index (χ4v) is 5.66. The molecule has 2 aromatic rings. The first-order chi connectivity index (χ1) is 19.5. The van der Waals surface area contributed by atoms with Gasteiger partial charge in [-0.05, 0) is 70.7 Å². The maximum Gasteiger partial charge on any atom is 0.410 e. The van der Waals surface area contributed by atoms with Crippen LogP contribution < -0.4 is 9.47 Å². The van der Waals surface area contributed by atoms with Gasteiger partial charge in [0.25, 0.3) is 0 Å². The van der Waals surface area contributed by atoms with Gasteiger partial charge in [-0.15, -0.1) is 0 Å². The molecule has 0 bridgehead atoms. The monoisotopic (exact) mass is 634 g/mol. The zero-order valence-corrected chi connectivity index (χ0v) is 25.8. The van der Waals surface area contributed by atoms with Crippen LogP contribution in [0.25, 0.3) is 0 Å². The van der Waals surface area contributed by atoms with Crippen LogP contribution in [0.3, 0.4) is 0 Å². The van der Waals surface area contributed by atoms with Crippen LogP contribution in [0.1, 0.15) is 52.0 Å². The Labute approximate surface area is 250 Å². The summed E-state index contributed by atoms with van der Waals surface area (Å²) in [5.41, 5.74) is -0.254. The fourth-order valence-electron chi connectivity index (χ4n) is 5.33. The first-order valence-electron chi connectivity index (χ1n) is 14.1. The summed E-state index contributed by atoms with van der Waals surface area (Å²) in [6.45, 7) is 7.31. The quantitative estimate of drug-likeness (QED) is 0.344. The smallest absolute Gasteiger partial charge is 0.410 e. The molecule has 2 fully saturated rings. The Morgan fingerprint density at radius 2 is 1.80 bits per heavy atom. The Morgan fingerprint density at radius 3 is 2.46 bits per heavy atom. The van der Waals surface area contributed by atoms with E-state index in [9.17, 15) is 14.0 Å². The molecule has 1 saturated carbocycles. The molecule has 2 amide bonds. The van der Waals surface area contributed by atoms with Gasteiger partial charge in [0.2, 0.25) is 5.91 Å². The predicted molar refractivity (Wildman–Crippen MR) is 156 cm³/mol. The van der Waals surface area contributed by atoms with Crippen LogP contribution in [0.2, 0.25) is 0 Å². The summed E-state index contributed by atoms with van der Waals surface area (Å²) in [6.07, 6.45) is 1.85. The molecule has 4 rings (SSSR count). The highest BCUT2D eigenvalue weighted by molar-refractivity contribution is 9.10. The van der Waals surface area contributed by atoms with Crippen LogP contribution in [0.5, 0.6) is 11.5 Å². The summed E-state index contributed by atoms with van der Waals surface area (Å²) in [5.74, 6) is 0.879. The van der Waals surface area contributed by atoms with Crippen molar-refractivity contribution in [3.8, 4) is 11.5 Å². The third-order valence-corrected chi connectivity index (χ3v) is 7.91. The lowest BCUT2D eigenvalue weighted by Crippen LogP contribution is -2.51. The van der Waals surface area contributed by atoms with E-state index in [0.717, 1.165) is 0 Å². The van der Waals surface area contributed by atoms with E-state index >= 15 is 0 Å². The molecule has 1 saturated heterocycles. The lowest BCUT2D eigenvalue weighted by atomic mass is 9.84. The zero-order chi connectivity index (χ0) is 29.6. The highest BCUT2D eigenvalue weighted by atomic mass is 79.9. The molecule has 0 radical (unpaired) electrons. The van der Waals surface area contributed by atoms with E-state index in [2.05, 4.69) is 15.9 Å². The van der Waals surface area contributed by atoms with Gasteiger partial charge in [0, 0.05) is 28.5 Å². The molecule has 1 aliphatic heterocycles. The van der Waals surface area contributed by atoms with E-state index in [1.165, 1.54) is 6.07 Å². The van der Waals surface area contributed by atoms with Gasteiger partial charge in [0.1, 0.15) is 24.1 Å². The first-order valence-corrected chi connectivity index (χ1v) is 14.9. The number of benzene rings is 2. The van der Waals surface area contributed by atoms with E-state index in [1.54, 1.807) is 24.1 Å². The van der Waals surface area contributed by atoms with Crippen molar-refractivity contribution in [3.63, 3.8) is 0 Å². The summed E-state index contributed by atoms with van der Waals surface area (Å²) in [7, 11) is 1.60. The maximum absolute atomic E-state index is 14.7. The van der Waals surface area contributed by atoms with E-state index in [1.807, 2.05) is 49.9 Å². The lowest BCUT2D eigenvalue weighted by molar-refractivity contribution is -0.145. The summed E-state index contributed by atoms with van der Waals surface area (Å²) < 4.78 is 38.2. The minimum absolute atomic E-state index is 0.106. The summed E-state index contributed by atoms with van der Waals surface area (Å²) in [4.78, 5) is 30.2. The van der Waals surface area contributed by atoms with Crippen molar-refractivity contribution in [2.24, 2.45) is 5.92 Å². The van der Waals surface area contributed by atoms with E-state index in [0.29, 0.717) is 73.5 Å². The van der Waals surface area contributed by atoms with Crippen LogP contribution in [0.15, 0.2) is 46.9 Å². The van der Waals surface area contributed by atoms with Gasteiger partial charge < -0.3 is 28.7 Å². The van der Waals surface area contributed by atoms with Crippen molar-refractivity contribution in [2.45, 2.75) is 70.7 Å². The van der Waals surface area contributed by atoms with E-state index in [-0.39, 0.29) is 36.3 Å². The van der Waals surface area contributed by atoms with Gasteiger partial charge in [-0.3, -0.25) is 4.79 Å². The number of halogens is 2. The predicted octanol–water partition coefficient (Wildman–Crippen LogP) is 6.20. The van der Waals surface area contributed by atoms with Crippen molar-refractivity contribution in [3.05, 3.63) is 58.3 Å². The number of hydrogen-bond donors (Lipinski definition) is 0. The summed E-state index contributed by atoms with van der Waals surface area (Å²) >= 11 is 3.29. The molecule has 41 heavy (non-hydrogen) atoms. The molecular weight excluding hydrogens is 595 g/mol.